The van der Waals surface area contributed by atoms with Gasteiger partial charge in [-0.2, -0.15) is 23.4 Å². The molecule has 2 N–H and O–H groups in total. The third kappa shape index (κ3) is 6.29. The van der Waals surface area contributed by atoms with Gasteiger partial charge in [0.2, 0.25) is 0 Å². The van der Waals surface area contributed by atoms with Crippen molar-refractivity contribution in [1.82, 2.24) is 15.3 Å². The molecule has 9 heteroatoms. The van der Waals surface area contributed by atoms with Gasteiger partial charge in [0, 0.05) is 25.7 Å². The van der Waals surface area contributed by atoms with Gasteiger partial charge in [0.25, 0.3) is 0 Å². The largest absolute Gasteiger partial charge is 0.413 e. The van der Waals surface area contributed by atoms with Gasteiger partial charge in [-0.05, 0) is 26.9 Å². The standard InChI is InChI=1S/C10H20N4O4S/c1-13(2)5-6-14-8-9(3-4-10(14)7-11)12-18-19(15,16)17/h9-10,12H,3-6,8H2,1-2H3,(H,15,16,17)/t9-,10+/m1/s1. The van der Waals surface area contributed by atoms with Gasteiger partial charge in [0.05, 0.1) is 12.1 Å². The van der Waals surface area contributed by atoms with Crippen molar-refractivity contribution in [2.45, 2.75) is 24.9 Å². The quantitative estimate of drug-likeness (QED) is 0.485. The van der Waals surface area contributed by atoms with Crippen LogP contribution in [0.15, 0.2) is 0 Å². The van der Waals surface area contributed by atoms with E-state index in [1.807, 2.05) is 23.9 Å². The van der Waals surface area contributed by atoms with Gasteiger partial charge in [-0.25, -0.2) is 0 Å². The highest BCUT2D eigenvalue weighted by atomic mass is 32.3. The molecule has 19 heavy (non-hydrogen) atoms. The summed E-state index contributed by atoms with van der Waals surface area (Å²) in [4.78, 5) is 3.99. The summed E-state index contributed by atoms with van der Waals surface area (Å²) in [5.74, 6) is 0. The average Bonchev–Trinajstić information content (AvgIpc) is 2.33. The lowest BCUT2D eigenvalue weighted by Crippen LogP contribution is -2.51. The highest BCUT2D eigenvalue weighted by Crippen LogP contribution is 2.17. The lowest BCUT2D eigenvalue weighted by atomic mass is 10.00. The molecule has 2 atom stereocenters. The Balaban J connectivity index is 2.50. The molecule has 1 saturated heterocycles. The molecule has 0 radical (unpaired) electrons. The number of nitrogens with one attached hydrogen (secondary N) is 1. The molecular formula is C10H20N4O4S. The smallest absolute Gasteiger partial charge is 0.308 e. The Morgan fingerprint density at radius 2 is 2.21 bits per heavy atom. The number of nitrogens with zero attached hydrogens (tertiary/aromatic N) is 3. The number of likely N-dealkylation sites (tertiary alicyclic amines) is 1. The van der Waals surface area contributed by atoms with Crippen LogP contribution in [0.1, 0.15) is 12.8 Å². The molecule has 1 fully saturated rings. The Kier molecular flexibility index (Phi) is 6.12. The number of hydrogen-bond acceptors (Lipinski definition) is 7. The van der Waals surface area contributed by atoms with E-state index in [2.05, 4.69) is 15.8 Å². The van der Waals surface area contributed by atoms with Crippen molar-refractivity contribution in [2.24, 2.45) is 0 Å². The minimum Gasteiger partial charge on any atom is -0.308 e. The molecule has 0 saturated carbocycles. The first kappa shape index (κ1) is 16.3. The average molecular weight is 292 g/mol. The topological polar surface area (TPSA) is 106 Å². The molecule has 0 spiro atoms. The molecule has 0 aliphatic carbocycles. The zero-order valence-electron chi connectivity index (χ0n) is 11.1. The van der Waals surface area contributed by atoms with E-state index in [1.54, 1.807) is 0 Å². The van der Waals surface area contributed by atoms with E-state index in [4.69, 9.17) is 9.81 Å². The maximum atomic E-state index is 10.5. The Morgan fingerprint density at radius 1 is 1.53 bits per heavy atom. The Bertz CT molecular complexity index is 420. The summed E-state index contributed by atoms with van der Waals surface area (Å²) < 4.78 is 33.7. The van der Waals surface area contributed by atoms with Crippen LogP contribution in [0.4, 0.5) is 0 Å². The van der Waals surface area contributed by atoms with Crippen LogP contribution in [-0.2, 0) is 14.7 Å². The monoisotopic (exact) mass is 292 g/mol. The van der Waals surface area contributed by atoms with Gasteiger partial charge in [-0.1, -0.05) is 0 Å². The summed E-state index contributed by atoms with van der Waals surface area (Å²) in [5, 5.41) is 9.08. The lowest BCUT2D eigenvalue weighted by molar-refractivity contribution is 0.0711. The number of piperidine rings is 1. The van der Waals surface area contributed by atoms with Gasteiger partial charge in [-0.3, -0.25) is 9.45 Å². The van der Waals surface area contributed by atoms with Crippen LogP contribution in [0.25, 0.3) is 0 Å². The van der Waals surface area contributed by atoms with Crippen molar-refractivity contribution < 1.29 is 17.3 Å². The van der Waals surface area contributed by atoms with Crippen molar-refractivity contribution in [3.8, 4) is 6.07 Å². The maximum Gasteiger partial charge on any atom is 0.413 e. The fourth-order valence-electron chi connectivity index (χ4n) is 1.99. The molecule has 0 bridgehead atoms. The van der Waals surface area contributed by atoms with Crippen molar-refractivity contribution in [2.75, 3.05) is 33.7 Å². The third-order valence-electron chi connectivity index (χ3n) is 2.99. The predicted octanol–water partition coefficient (Wildman–Crippen LogP) is -0.771. The van der Waals surface area contributed by atoms with Gasteiger partial charge in [-0.15, -0.1) is 0 Å². The molecule has 0 aromatic rings. The first-order chi connectivity index (χ1) is 8.81. The molecule has 0 aromatic carbocycles. The van der Waals surface area contributed by atoms with Crippen molar-refractivity contribution in [3.05, 3.63) is 0 Å². The molecule has 1 aliphatic heterocycles. The van der Waals surface area contributed by atoms with Crippen LogP contribution in [0.3, 0.4) is 0 Å². The maximum absolute atomic E-state index is 10.5. The molecule has 1 aliphatic rings. The molecule has 110 valence electrons. The van der Waals surface area contributed by atoms with E-state index < -0.39 is 10.4 Å². The van der Waals surface area contributed by atoms with Crippen LogP contribution in [-0.4, -0.2) is 68.6 Å². The minimum absolute atomic E-state index is 0.163. The van der Waals surface area contributed by atoms with E-state index in [9.17, 15) is 8.42 Å². The highest BCUT2D eigenvalue weighted by molar-refractivity contribution is 7.80. The number of hydroxylamine groups is 1. The second-order valence-electron chi connectivity index (χ2n) is 4.85. The summed E-state index contributed by atoms with van der Waals surface area (Å²) in [7, 11) is -0.595. The summed E-state index contributed by atoms with van der Waals surface area (Å²) in [5.41, 5.74) is 2.32. The summed E-state index contributed by atoms with van der Waals surface area (Å²) in [6.45, 7) is 2.03. The fraction of sp³-hybridized carbons (Fsp3) is 0.900. The van der Waals surface area contributed by atoms with Crippen molar-refractivity contribution >= 4 is 10.4 Å². The van der Waals surface area contributed by atoms with Gasteiger partial charge in [0.1, 0.15) is 0 Å². The zero-order valence-corrected chi connectivity index (χ0v) is 11.9. The first-order valence-electron chi connectivity index (χ1n) is 6.01. The van der Waals surface area contributed by atoms with Gasteiger partial charge >= 0.3 is 10.4 Å². The fourth-order valence-corrected chi connectivity index (χ4v) is 2.25. The van der Waals surface area contributed by atoms with Crippen molar-refractivity contribution in [3.63, 3.8) is 0 Å². The first-order valence-corrected chi connectivity index (χ1v) is 7.38. The van der Waals surface area contributed by atoms with Crippen LogP contribution in [0, 0.1) is 11.3 Å². The second kappa shape index (κ2) is 7.14. The summed E-state index contributed by atoms with van der Waals surface area (Å²) in [6.07, 6.45) is 1.25. The Hall–Kier alpha value is -0.760. The van der Waals surface area contributed by atoms with Crippen LogP contribution >= 0.6 is 0 Å². The predicted molar refractivity (Wildman–Crippen MR) is 68.3 cm³/mol. The third-order valence-corrected chi connectivity index (χ3v) is 3.29. The van der Waals surface area contributed by atoms with Gasteiger partial charge < -0.3 is 4.90 Å². The van der Waals surface area contributed by atoms with E-state index >= 15 is 0 Å². The molecule has 0 unspecified atom stereocenters. The molecule has 0 amide bonds. The Labute approximate surface area is 113 Å². The van der Waals surface area contributed by atoms with Crippen LogP contribution < -0.4 is 5.48 Å². The van der Waals surface area contributed by atoms with Crippen molar-refractivity contribution in [1.29, 1.82) is 5.26 Å². The number of likely N-dealkylation sites (N-methyl/N-ethyl adjacent to an activating group) is 1. The second-order valence-corrected chi connectivity index (χ2v) is 5.87. The number of hydrogen-bond donors (Lipinski definition) is 2. The number of nitriles is 1. The molecule has 0 aromatic heterocycles. The molecular weight excluding hydrogens is 272 g/mol. The van der Waals surface area contributed by atoms with Crippen LogP contribution in [0.5, 0.6) is 0 Å². The summed E-state index contributed by atoms with van der Waals surface area (Å²) in [6, 6.07) is 1.85. The minimum atomic E-state index is -4.49. The zero-order chi connectivity index (χ0) is 14.5. The summed E-state index contributed by atoms with van der Waals surface area (Å²) >= 11 is 0. The number of rotatable bonds is 6. The highest BCUT2D eigenvalue weighted by Gasteiger charge is 2.28. The lowest BCUT2D eigenvalue weighted by Gasteiger charge is -2.36. The van der Waals surface area contributed by atoms with E-state index in [0.717, 1.165) is 13.1 Å². The van der Waals surface area contributed by atoms with E-state index in [-0.39, 0.29) is 12.1 Å². The molecule has 8 nitrogen and oxygen atoms in total. The Morgan fingerprint density at radius 3 is 2.74 bits per heavy atom. The van der Waals surface area contributed by atoms with Gasteiger partial charge in [0.15, 0.2) is 0 Å². The molecule has 1 heterocycles. The SMILES string of the molecule is CN(C)CCN1C[C@H](NOS(=O)(=O)O)CC[C@H]1C#N. The van der Waals surface area contributed by atoms with E-state index in [0.29, 0.717) is 19.4 Å². The molecule has 1 rings (SSSR count). The van der Waals surface area contributed by atoms with Crippen LogP contribution in [0.2, 0.25) is 0 Å². The normalized spacial score (nSPS) is 25.4. The van der Waals surface area contributed by atoms with E-state index in [1.165, 1.54) is 0 Å².